The molecule has 0 saturated carbocycles. The Kier molecular flexibility index (Phi) is 7.67. The highest BCUT2D eigenvalue weighted by molar-refractivity contribution is 9.09. The molecule has 1 fully saturated rings. The van der Waals surface area contributed by atoms with Crippen LogP contribution >= 0.6 is 15.9 Å². The molecule has 1 aliphatic heterocycles. The maximum absolute atomic E-state index is 5.08. The fourth-order valence-electron chi connectivity index (χ4n) is 2.27. The lowest BCUT2D eigenvalue weighted by Gasteiger charge is -2.28. The smallest absolute Gasteiger partial charge is 0.0462 e. The summed E-state index contributed by atoms with van der Waals surface area (Å²) in [4.78, 5) is 2.66. The summed E-state index contributed by atoms with van der Waals surface area (Å²) in [6, 6.07) is 0.773. The van der Waals surface area contributed by atoms with Crippen molar-refractivity contribution in [3.63, 3.8) is 0 Å². The van der Waals surface area contributed by atoms with Crippen molar-refractivity contribution in [3.8, 4) is 0 Å². The van der Waals surface area contributed by atoms with E-state index in [1.807, 2.05) is 0 Å². The predicted octanol–water partition coefficient (Wildman–Crippen LogP) is 3.05. The average Bonchev–Trinajstić information content (AvgIpc) is 2.49. The highest BCUT2D eigenvalue weighted by Crippen LogP contribution is 2.18. The number of hydrogen-bond acceptors (Lipinski definition) is 2. The number of nitrogens with zero attached hydrogens (tertiary/aromatic N) is 1. The number of ether oxygens (including phenoxy) is 1. The van der Waals surface area contributed by atoms with Crippen molar-refractivity contribution in [2.24, 2.45) is 0 Å². The normalized spacial score (nSPS) is 24.0. The molecule has 15 heavy (non-hydrogen) atoms. The molecular weight excluding hydrogens is 254 g/mol. The lowest BCUT2D eigenvalue weighted by atomic mass is 10.1. The van der Waals surface area contributed by atoms with Crippen molar-refractivity contribution >= 4 is 15.9 Å². The second kappa shape index (κ2) is 8.54. The van der Waals surface area contributed by atoms with Gasteiger partial charge in [-0.05, 0) is 38.8 Å². The first kappa shape index (κ1) is 13.5. The van der Waals surface area contributed by atoms with E-state index >= 15 is 0 Å². The minimum Gasteiger partial charge on any atom is -0.385 e. The maximum Gasteiger partial charge on any atom is 0.0462 e. The van der Waals surface area contributed by atoms with Crippen molar-refractivity contribution in [1.29, 1.82) is 0 Å². The Bertz CT molecular complexity index is 155. The zero-order valence-corrected chi connectivity index (χ0v) is 11.5. The molecule has 0 spiro atoms. The molecule has 3 heteroatoms. The summed E-state index contributed by atoms with van der Waals surface area (Å²) in [6.07, 6.45) is 8.05. The van der Waals surface area contributed by atoms with E-state index in [2.05, 4.69) is 20.8 Å². The number of hydrogen-bond donors (Lipinski definition) is 0. The third kappa shape index (κ3) is 5.32. The van der Waals surface area contributed by atoms with Gasteiger partial charge in [0.25, 0.3) is 0 Å². The molecule has 0 bridgehead atoms. The van der Waals surface area contributed by atoms with Crippen LogP contribution in [0.4, 0.5) is 0 Å². The molecule has 1 atom stereocenters. The SMILES string of the molecule is COCCCCN1CCCCCC1CBr. The summed E-state index contributed by atoms with van der Waals surface area (Å²) >= 11 is 3.64. The fraction of sp³-hybridized carbons (Fsp3) is 1.00. The third-order valence-electron chi connectivity index (χ3n) is 3.22. The van der Waals surface area contributed by atoms with Gasteiger partial charge in [0.1, 0.15) is 0 Å². The second-order valence-electron chi connectivity index (χ2n) is 4.39. The molecule has 0 aliphatic carbocycles. The van der Waals surface area contributed by atoms with Gasteiger partial charge in [0.05, 0.1) is 0 Å². The Morgan fingerprint density at radius 2 is 2.13 bits per heavy atom. The van der Waals surface area contributed by atoms with E-state index in [1.54, 1.807) is 7.11 Å². The summed E-state index contributed by atoms with van der Waals surface area (Å²) in [7, 11) is 1.78. The first-order valence-corrected chi connectivity index (χ1v) is 7.29. The Morgan fingerprint density at radius 3 is 2.87 bits per heavy atom. The van der Waals surface area contributed by atoms with Gasteiger partial charge in [0.15, 0.2) is 0 Å². The van der Waals surface area contributed by atoms with Crippen LogP contribution in [-0.2, 0) is 4.74 Å². The Hall–Kier alpha value is 0.400. The van der Waals surface area contributed by atoms with Gasteiger partial charge in [-0.2, -0.15) is 0 Å². The van der Waals surface area contributed by atoms with E-state index in [4.69, 9.17) is 4.74 Å². The summed E-state index contributed by atoms with van der Waals surface area (Å²) < 4.78 is 5.08. The largest absolute Gasteiger partial charge is 0.385 e. The molecule has 2 nitrogen and oxygen atoms in total. The lowest BCUT2D eigenvalue weighted by Crippen LogP contribution is -2.36. The van der Waals surface area contributed by atoms with E-state index in [0.717, 1.165) is 18.0 Å². The first-order valence-electron chi connectivity index (χ1n) is 6.17. The van der Waals surface area contributed by atoms with Crippen LogP contribution in [0, 0.1) is 0 Å². The predicted molar refractivity (Wildman–Crippen MR) is 68.7 cm³/mol. The first-order chi connectivity index (χ1) is 7.38. The molecule has 0 aromatic carbocycles. The molecule has 1 rings (SSSR count). The lowest BCUT2D eigenvalue weighted by molar-refractivity contribution is 0.173. The number of unbranched alkanes of at least 4 members (excludes halogenated alkanes) is 1. The molecule has 1 saturated heterocycles. The van der Waals surface area contributed by atoms with E-state index in [-0.39, 0.29) is 0 Å². The van der Waals surface area contributed by atoms with Gasteiger partial charge >= 0.3 is 0 Å². The number of likely N-dealkylation sites (tertiary alicyclic amines) is 1. The second-order valence-corrected chi connectivity index (χ2v) is 5.04. The van der Waals surface area contributed by atoms with Crippen LogP contribution in [0.1, 0.15) is 38.5 Å². The van der Waals surface area contributed by atoms with E-state index < -0.39 is 0 Å². The molecule has 0 N–H and O–H groups in total. The van der Waals surface area contributed by atoms with Crippen LogP contribution in [0.2, 0.25) is 0 Å². The van der Waals surface area contributed by atoms with E-state index in [0.29, 0.717) is 0 Å². The molecule has 90 valence electrons. The maximum atomic E-state index is 5.08. The van der Waals surface area contributed by atoms with Crippen LogP contribution in [0.25, 0.3) is 0 Å². The van der Waals surface area contributed by atoms with Gasteiger partial charge in [-0.15, -0.1) is 0 Å². The van der Waals surface area contributed by atoms with Gasteiger partial charge in [0, 0.05) is 25.1 Å². The molecular formula is C12H24BrNO. The van der Waals surface area contributed by atoms with Crippen LogP contribution in [-0.4, -0.2) is 43.1 Å². The van der Waals surface area contributed by atoms with Crippen molar-refractivity contribution in [3.05, 3.63) is 0 Å². The Balaban J connectivity index is 2.22. The summed E-state index contributed by atoms with van der Waals surface area (Å²) in [5, 5.41) is 1.14. The minimum atomic E-state index is 0.773. The van der Waals surface area contributed by atoms with Crippen molar-refractivity contribution in [2.75, 3.05) is 32.1 Å². The number of rotatable bonds is 6. The van der Waals surface area contributed by atoms with Gasteiger partial charge in [-0.25, -0.2) is 0 Å². The molecule has 1 heterocycles. The quantitative estimate of drug-likeness (QED) is 0.547. The van der Waals surface area contributed by atoms with Crippen molar-refractivity contribution < 1.29 is 4.74 Å². The summed E-state index contributed by atoms with van der Waals surface area (Å²) in [6.45, 7) is 3.45. The van der Waals surface area contributed by atoms with Gasteiger partial charge in [0.2, 0.25) is 0 Å². The van der Waals surface area contributed by atoms with Gasteiger partial charge in [-0.3, -0.25) is 4.90 Å². The zero-order valence-electron chi connectivity index (χ0n) is 9.88. The summed E-state index contributed by atoms with van der Waals surface area (Å²) in [5.74, 6) is 0. The van der Waals surface area contributed by atoms with Gasteiger partial charge < -0.3 is 4.74 Å². The molecule has 1 unspecified atom stereocenters. The minimum absolute atomic E-state index is 0.773. The van der Waals surface area contributed by atoms with Crippen LogP contribution in [0.5, 0.6) is 0 Å². The van der Waals surface area contributed by atoms with Crippen LogP contribution < -0.4 is 0 Å². The van der Waals surface area contributed by atoms with E-state index in [9.17, 15) is 0 Å². The Morgan fingerprint density at radius 1 is 1.27 bits per heavy atom. The summed E-state index contributed by atoms with van der Waals surface area (Å²) in [5.41, 5.74) is 0. The molecule has 0 radical (unpaired) electrons. The average molecular weight is 278 g/mol. The van der Waals surface area contributed by atoms with E-state index in [1.165, 1.54) is 51.6 Å². The number of halogens is 1. The molecule has 0 aromatic heterocycles. The molecule has 0 aromatic rings. The van der Waals surface area contributed by atoms with Crippen molar-refractivity contribution in [2.45, 2.75) is 44.6 Å². The third-order valence-corrected chi connectivity index (χ3v) is 3.97. The highest BCUT2D eigenvalue weighted by atomic mass is 79.9. The standard InChI is InChI=1S/C12H24BrNO/c1-15-10-6-5-9-14-8-4-2-3-7-12(14)11-13/h12H,2-11H2,1H3. The zero-order chi connectivity index (χ0) is 10.9. The number of methoxy groups -OCH3 is 1. The monoisotopic (exact) mass is 277 g/mol. The van der Waals surface area contributed by atoms with Crippen molar-refractivity contribution in [1.82, 2.24) is 4.90 Å². The molecule has 0 amide bonds. The Labute approximate surface area is 102 Å². The highest BCUT2D eigenvalue weighted by Gasteiger charge is 2.18. The van der Waals surface area contributed by atoms with Gasteiger partial charge in [-0.1, -0.05) is 28.8 Å². The molecule has 1 aliphatic rings. The van der Waals surface area contributed by atoms with Crippen LogP contribution in [0.3, 0.4) is 0 Å². The fourth-order valence-corrected chi connectivity index (χ4v) is 3.00. The topological polar surface area (TPSA) is 12.5 Å². The number of alkyl halides is 1. The van der Waals surface area contributed by atoms with Crippen LogP contribution in [0.15, 0.2) is 0 Å².